The minimum atomic E-state index is -0.310. The largest absolute Gasteiger partial charge is 0.352 e. The SMILES string of the molecule is CC(C)C(=O)Nc1ccc(CNC(=O)CC(N)c2ccccc2)cc1.Cl. The number of rotatable bonds is 7. The molecule has 4 N–H and O–H groups in total. The van der Waals surface area contributed by atoms with E-state index in [1.54, 1.807) is 0 Å². The highest BCUT2D eigenvalue weighted by atomic mass is 35.5. The molecule has 140 valence electrons. The van der Waals surface area contributed by atoms with Crippen LogP contribution in [0.4, 0.5) is 5.69 Å². The summed E-state index contributed by atoms with van der Waals surface area (Å²) in [4.78, 5) is 23.7. The van der Waals surface area contributed by atoms with E-state index in [9.17, 15) is 9.59 Å². The second kappa shape index (κ2) is 10.6. The van der Waals surface area contributed by atoms with Gasteiger partial charge in [0.15, 0.2) is 0 Å². The normalized spacial score (nSPS) is 11.4. The summed E-state index contributed by atoms with van der Waals surface area (Å²) >= 11 is 0. The first-order valence-electron chi connectivity index (χ1n) is 8.42. The molecule has 2 rings (SSSR count). The fraction of sp³-hybridized carbons (Fsp3) is 0.300. The van der Waals surface area contributed by atoms with Crippen LogP contribution in [0.15, 0.2) is 54.6 Å². The summed E-state index contributed by atoms with van der Waals surface area (Å²) in [6, 6.07) is 16.7. The quantitative estimate of drug-likeness (QED) is 0.693. The molecule has 0 fully saturated rings. The maximum Gasteiger partial charge on any atom is 0.226 e. The zero-order valence-electron chi connectivity index (χ0n) is 15.1. The van der Waals surface area contributed by atoms with Gasteiger partial charge >= 0.3 is 0 Å². The highest BCUT2D eigenvalue weighted by Gasteiger charge is 2.11. The average molecular weight is 376 g/mol. The van der Waals surface area contributed by atoms with Crippen LogP contribution >= 0.6 is 12.4 Å². The van der Waals surface area contributed by atoms with Gasteiger partial charge in [-0.2, -0.15) is 0 Å². The van der Waals surface area contributed by atoms with E-state index in [1.165, 1.54) is 0 Å². The number of hydrogen-bond acceptors (Lipinski definition) is 3. The van der Waals surface area contributed by atoms with Crippen molar-refractivity contribution >= 4 is 29.9 Å². The molecular weight excluding hydrogens is 350 g/mol. The van der Waals surface area contributed by atoms with Crippen molar-refractivity contribution in [2.24, 2.45) is 11.7 Å². The Balaban J connectivity index is 0.00000338. The van der Waals surface area contributed by atoms with Gasteiger partial charge in [-0.1, -0.05) is 56.3 Å². The highest BCUT2D eigenvalue weighted by Crippen LogP contribution is 2.14. The van der Waals surface area contributed by atoms with Crippen LogP contribution in [-0.4, -0.2) is 11.8 Å². The molecule has 0 aromatic heterocycles. The molecule has 0 saturated heterocycles. The van der Waals surface area contributed by atoms with E-state index in [4.69, 9.17) is 5.73 Å². The lowest BCUT2D eigenvalue weighted by atomic mass is 10.0. The van der Waals surface area contributed by atoms with Gasteiger partial charge in [0.25, 0.3) is 0 Å². The number of halogens is 1. The number of nitrogens with one attached hydrogen (secondary N) is 2. The van der Waals surface area contributed by atoms with Crippen molar-refractivity contribution in [1.82, 2.24) is 5.32 Å². The maximum atomic E-state index is 12.0. The summed E-state index contributed by atoms with van der Waals surface area (Å²) in [5.41, 5.74) is 8.71. The Morgan fingerprint density at radius 3 is 2.19 bits per heavy atom. The highest BCUT2D eigenvalue weighted by molar-refractivity contribution is 5.92. The molecule has 2 amide bonds. The monoisotopic (exact) mass is 375 g/mol. The van der Waals surface area contributed by atoms with Crippen molar-refractivity contribution in [2.45, 2.75) is 32.9 Å². The van der Waals surface area contributed by atoms with Crippen molar-refractivity contribution in [3.05, 3.63) is 65.7 Å². The number of benzene rings is 2. The van der Waals surface area contributed by atoms with Gasteiger partial charge in [-0.3, -0.25) is 9.59 Å². The maximum absolute atomic E-state index is 12.0. The Kier molecular flexibility index (Phi) is 8.82. The predicted octanol–water partition coefficient (Wildman–Crippen LogP) is 3.41. The van der Waals surface area contributed by atoms with Gasteiger partial charge in [0.05, 0.1) is 0 Å². The molecule has 5 nitrogen and oxygen atoms in total. The third-order valence-electron chi connectivity index (χ3n) is 3.87. The minimum Gasteiger partial charge on any atom is -0.352 e. The molecular formula is C20H26ClN3O2. The van der Waals surface area contributed by atoms with Gasteiger partial charge in [0, 0.05) is 30.6 Å². The minimum absolute atomic E-state index is 0. The van der Waals surface area contributed by atoms with Crippen molar-refractivity contribution in [1.29, 1.82) is 0 Å². The van der Waals surface area contributed by atoms with Crippen molar-refractivity contribution < 1.29 is 9.59 Å². The predicted molar refractivity (Wildman–Crippen MR) is 107 cm³/mol. The number of nitrogens with two attached hydrogens (primary N) is 1. The number of amides is 2. The first kappa shape index (κ1) is 21.7. The second-order valence-corrected chi connectivity index (χ2v) is 6.34. The van der Waals surface area contributed by atoms with Crippen molar-refractivity contribution in [3.63, 3.8) is 0 Å². The number of carbonyl (C=O) groups excluding carboxylic acids is 2. The van der Waals surface area contributed by atoms with Crippen molar-refractivity contribution in [2.75, 3.05) is 5.32 Å². The first-order valence-corrected chi connectivity index (χ1v) is 8.42. The van der Waals surface area contributed by atoms with E-state index in [-0.39, 0.29) is 42.6 Å². The van der Waals surface area contributed by atoms with Gasteiger partial charge in [-0.05, 0) is 23.3 Å². The van der Waals surface area contributed by atoms with Gasteiger partial charge in [-0.25, -0.2) is 0 Å². The fourth-order valence-electron chi connectivity index (χ4n) is 2.28. The molecule has 0 heterocycles. The van der Waals surface area contributed by atoms with Gasteiger partial charge < -0.3 is 16.4 Å². The van der Waals surface area contributed by atoms with E-state index < -0.39 is 0 Å². The molecule has 0 bridgehead atoms. The third-order valence-corrected chi connectivity index (χ3v) is 3.87. The fourth-order valence-corrected chi connectivity index (χ4v) is 2.28. The number of hydrogen-bond donors (Lipinski definition) is 3. The van der Waals surface area contributed by atoms with Gasteiger partial charge in [-0.15, -0.1) is 12.4 Å². The van der Waals surface area contributed by atoms with Crippen LogP contribution in [0.25, 0.3) is 0 Å². The van der Waals surface area contributed by atoms with Crippen LogP contribution in [0.1, 0.15) is 37.4 Å². The third kappa shape index (κ3) is 6.86. The first-order chi connectivity index (χ1) is 12.0. The Bertz CT molecular complexity index is 703. The molecule has 2 aromatic rings. The standard InChI is InChI=1S/C20H25N3O2.ClH/c1-14(2)20(25)23-17-10-8-15(9-11-17)13-22-19(24)12-18(21)16-6-4-3-5-7-16;/h3-11,14,18H,12-13,21H2,1-2H3,(H,22,24)(H,23,25);1H. The van der Waals surface area contributed by atoms with Crippen LogP contribution in [0.5, 0.6) is 0 Å². The summed E-state index contributed by atoms with van der Waals surface area (Å²) in [7, 11) is 0. The lowest BCUT2D eigenvalue weighted by Crippen LogP contribution is -2.27. The zero-order chi connectivity index (χ0) is 18.2. The Labute approximate surface area is 160 Å². The Morgan fingerprint density at radius 2 is 1.62 bits per heavy atom. The van der Waals surface area contributed by atoms with Crippen LogP contribution in [0.3, 0.4) is 0 Å². The molecule has 0 aliphatic heterocycles. The number of anilines is 1. The zero-order valence-corrected chi connectivity index (χ0v) is 15.9. The van der Waals surface area contributed by atoms with Crippen molar-refractivity contribution in [3.8, 4) is 0 Å². The molecule has 0 radical (unpaired) electrons. The van der Waals surface area contributed by atoms with Crippen LogP contribution in [-0.2, 0) is 16.1 Å². The van der Waals surface area contributed by atoms with E-state index >= 15 is 0 Å². The number of carbonyl (C=O) groups is 2. The average Bonchev–Trinajstić information content (AvgIpc) is 2.61. The van der Waals surface area contributed by atoms with E-state index in [0.29, 0.717) is 6.54 Å². The Hall–Kier alpha value is -2.37. The summed E-state index contributed by atoms with van der Waals surface area (Å²) in [5.74, 6) is -0.169. The van der Waals surface area contributed by atoms with Gasteiger partial charge in [0.1, 0.15) is 0 Å². The smallest absolute Gasteiger partial charge is 0.226 e. The molecule has 1 atom stereocenters. The lowest BCUT2D eigenvalue weighted by Gasteiger charge is -2.12. The molecule has 0 spiro atoms. The summed E-state index contributed by atoms with van der Waals surface area (Å²) < 4.78 is 0. The molecule has 0 aliphatic rings. The molecule has 1 unspecified atom stereocenters. The second-order valence-electron chi connectivity index (χ2n) is 6.34. The van der Waals surface area contributed by atoms with E-state index in [2.05, 4.69) is 10.6 Å². The summed E-state index contributed by atoms with van der Waals surface area (Å²) in [5, 5.41) is 5.71. The van der Waals surface area contributed by atoms with Crippen LogP contribution in [0.2, 0.25) is 0 Å². The molecule has 0 aliphatic carbocycles. The summed E-state index contributed by atoms with van der Waals surface area (Å²) in [6.45, 7) is 4.12. The Morgan fingerprint density at radius 1 is 1.00 bits per heavy atom. The molecule has 6 heteroatoms. The molecule has 2 aromatic carbocycles. The van der Waals surface area contributed by atoms with Crippen LogP contribution in [0, 0.1) is 5.92 Å². The van der Waals surface area contributed by atoms with Gasteiger partial charge in [0.2, 0.25) is 11.8 Å². The van der Waals surface area contributed by atoms with Crippen LogP contribution < -0.4 is 16.4 Å². The summed E-state index contributed by atoms with van der Waals surface area (Å²) in [6.07, 6.45) is 0.243. The van der Waals surface area contributed by atoms with E-state index in [0.717, 1.165) is 16.8 Å². The molecule has 26 heavy (non-hydrogen) atoms. The topological polar surface area (TPSA) is 84.2 Å². The van der Waals surface area contributed by atoms with E-state index in [1.807, 2.05) is 68.4 Å². The lowest BCUT2D eigenvalue weighted by molar-refractivity contribution is -0.121. The molecule has 0 saturated carbocycles.